The van der Waals surface area contributed by atoms with Crippen LogP contribution in [0.15, 0.2) is 12.4 Å². The Balaban J connectivity index is 1.49. The minimum atomic E-state index is -0.739. The molecule has 2 aliphatic carbocycles. The van der Waals surface area contributed by atoms with Gasteiger partial charge < -0.3 is 10.0 Å². The maximum Gasteiger partial charge on any atom is 0.139 e. The molecule has 0 aromatic carbocycles. The van der Waals surface area contributed by atoms with Crippen LogP contribution in [0.4, 0.5) is 5.82 Å². The third kappa shape index (κ3) is 3.80. The number of hydrogen-bond donors (Lipinski definition) is 1. The van der Waals surface area contributed by atoms with Crippen molar-refractivity contribution in [2.75, 3.05) is 30.1 Å². The summed E-state index contributed by atoms with van der Waals surface area (Å²) in [5, 5.41) is 8.77. The van der Waals surface area contributed by atoms with E-state index < -0.39 is 10.8 Å². The standard InChI is InChI=1S/C17H25N3O2S/c1-20(17-15-5-4-6-16(15)18-12-19-17)14-9-13(10-14)11-23(22)8-3-2-7-21/h4-5,12-14,21H,2-3,6-11H2,1H3. The Morgan fingerprint density at radius 1 is 1.35 bits per heavy atom. The van der Waals surface area contributed by atoms with Crippen LogP contribution in [0.3, 0.4) is 0 Å². The predicted octanol–water partition coefficient (Wildman–Crippen LogP) is 1.78. The lowest BCUT2D eigenvalue weighted by molar-refractivity contribution is 0.282. The zero-order valence-corrected chi connectivity index (χ0v) is 14.5. The van der Waals surface area contributed by atoms with Crippen LogP contribution in [0.5, 0.6) is 0 Å². The summed E-state index contributed by atoms with van der Waals surface area (Å²) in [7, 11) is 1.37. The van der Waals surface area contributed by atoms with Crippen molar-refractivity contribution in [1.82, 2.24) is 9.97 Å². The summed E-state index contributed by atoms with van der Waals surface area (Å²) >= 11 is 0. The number of aliphatic hydroxyl groups is 1. The molecular weight excluding hydrogens is 310 g/mol. The number of rotatable bonds is 8. The lowest BCUT2D eigenvalue weighted by Crippen LogP contribution is -2.45. The fourth-order valence-electron chi connectivity index (χ4n) is 3.37. The van der Waals surface area contributed by atoms with Gasteiger partial charge in [-0.15, -0.1) is 0 Å². The molecule has 0 bridgehead atoms. The van der Waals surface area contributed by atoms with Crippen LogP contribution in [-0.2, 0) is 17.2 Å². The Morgan fingerprint density at radius 2 is 2.17 bits per heavy atom. The topological polar surface area (TPSA) is 66.3 Å². The summed E-state index contributed by atoms with van der Waals surface area (Å²) < 4.78 is 12.0. The summed E-state index contributed by atoms with van der Waals surface area (Å²) in [5.41, 5.74) is 2.27. The number of unbranched alkanes of at least 4 members (excludes halogenated alkanes) is 1. The minimum Gasteiger partial charge on any atom is -0.396 e. The Bertz CT molecular complexity index is 600. The van der Waals surface area contributed by atoms with E-state index in [2.05, 4.69) is 34.1 Å². The van der Waals surface area contributed by atoms with E-state index in [0.717, 1.165) is 60.7 Å². The lowest BCUT2D eigenvalue weighted by atomic mass is 9.80. The zero-order valence-electron chi connectivity index (χ0n) is 13.6. The van der Waals surface area contributed by atoms with Crippen molar-refractivity contribution in [2.24, 2.45) is 5.92 Å². The van der Waals surface area contributed by atoms with Crippen molar-refractivity contribution in [1.29, 1.82) is 0 Å². The first-order chi connectivity index (χ1) is 11.2. The van der Waals surface area contributed by atoms with Gasteiger partial charge in [-0.2, -0.15) is 0 Å². The normalized spacial score (nSPS) is 23.4. The molecule has 1 N–H and O–H groups in total. The van der Waals surface area contributed by atoms with Gasteiger partial charge in [0.15, 0.2) is 0 Å². The molecular formula is C17H25N3O2S. The number of aliphatic hydroxyl groups excluding tert-OH is 1. The average Bonchev–Trinajstić information content (AvgIpc) is 2.98. The molecule has 23 heavy (non-hydrogen) atoms. The molecule has 0 spiro atoms. The monoisotopic (exact) mass is 335 g/mol. The van der Waals surface area contributed by atoms with E-state index in [-0.39, 0.29) is 6.61 Å². The van der Waals surface area contributed by atoms with E-state index in [4.69, 9.17) is 5.11 Å². The van der Waals surface area contributed by atoms with Gasteiger partial charge in [-0.05, 0) is 31.6 Å². The highest BCUT2D eigenvalue weighted by Crippen LogP contribution is 2.36. The highest BCUT2D eigenvalue weighted by atomic mass is 32.2. The second-order valence-corrected chi connectivity index (χ2v) is 8.13. The van der Waals surface area contributed by atoms with Gasteiger partial charge in [0.25, 0.3) is 0 Å². The number of hydrogen-bond acceptors (Lipinski definition) is 5. The molecule has 0 saturated heterocycles. The molecule has 1 heterocycles. The summed E-state index contributed by atoms with van der Waals surface area (Å²) in [6.45, 7) is 0.200. The van der Waals surface area contributed by atoms with Gasteiger partial charge in [0.2, 0.25) is 0 Å². The summed E-state index contributed by atoms with van der Waals surface area (Å²) in [5.74, 6) is 3.11. The van der Waals surface area contributed by atoms with Gasteiger partial charge >= 0.3 is 0 Å². The molecule has 1 aromatic heterocycles. The highest BCUT2D eigenvalue weighted by molar-refractivity contribution is 7.84. The quantitative estimate of drug-likeness (QED) is 0.734. The maximum absolute atomic E-state index is 12.0. The van der Waals surface area contributed by atoms with Crippen LogP contribution in [0, 0.1) is 5.92 Å². The van der Waals surface area contributed by atoms with E-state index in [1.165, 1.54) is 0 Å². The molecule has 1 atom stereocenters. The van der Waals surface area contributed by atoms with Crippen LogP contribution in [0.1, 0.15) is 36.9 Å². The second kappa shape index (κ2) is 7.53. The van der Waals surface area contributed by atoms with Crippen LogP contribution >= 0.6 is 0 Å². The van der Waals surface area contributed by atoms with E-state index in [0.29, 0.717) is 12.0 Å². The van der Waals surface area contributed by atoms with Gasteiger partial charge in [-0.1, -0.05) is 12.2 Å². The molecule has 0 radical (unpaired) electrons. The molecule has 1 saturated carbocycles. The molecule has 6 heteroatoms. The highest BCUT2D eigenvalue weighted by Gasteiger charge is 2.34. The smallest absolute Gasteiger partial charge is 0.139 e. The Kier molecular flexibility index (Phi) is 5.43. The molecule has 126 valence electrons. The predicted molar refractivity (Wildman–Crippen MR) is 93.9 cm³/mol. The number of aromatic nitrogens is 2. The van der Waals surface area contributed by atoms with Crippen molar-refractivity contribution in [3.05, 3.63) is 23.7 Å². The molecule has 1 unspecified atom stereocenters. The van der Waals surface area contributed by atoms with Gasteiger partial charge in [-0.3, -0.25) is 4.21 Å². The van der Waals surface area contributed by atoms with Crippen LogP contribution in [-0.4, -0.2) is 50.5 Å². The molecule has 3 rings (SSSR count). The summed E-state index contributed by atoms with van der Waals surface area (Å²) in [6.07, 6.45) is 10.6. The zero-order chi connectivity index (χ0) is 16.2. The molecule has 5 nitrogen and oxygen atoms in total. The van der Waals surface area contributed by atoms with Crippen LogP contribution in [0.2, 0.25) is 0 Å². The van der Waals surface area contributed by atoms with E-state index >= 15 is 0 Å². The molecule has 0 amide bonds. The summed E-state index contributed by atoms with van der Waals surface area (Å²) in [4.78, 5) is 11.1. The number of fused-ring (bicyclic) bond motifs is 1. The van der Waals surface area contributed by atoms with E-state index in [1.807, 2.05) is 0 Å². The minimum absolute atomic E-state index is 0.200. The first-order valence-corrected chi connectivity index (χ1v) is 9.87. The van der Waals surface area contributed by atoms with Crippen LogP contribution < -0.4 is 4.90 Å². The number of allylic oxidation sites excluding steroid dienone is 1. The van der Waals surface area contributed by atoms with Crippen molar-refractivity contribution >= 4 is 22.7 Å². The first-order valence-electron chi connectivity index (χ1n) is 8.38. The fraction of sp³-hybridized carbons (Fsp3) is 0.647. The molecule has 1 aromatic rings. The molecule has 0 aliphatic heterocycles. The first kappa shape index (κ1) is 16.6. The van der Waals surface area contributed by atoms with Crippen LogP contribution in [0.25, 0.3) is 6.08 Å². The fourth-order valence-corrected chi connectivity index (χ4v) is 4.86. The van der Waals surface area contributed by atoms with Crippen molar-refractivity contribution in [3.63, 3.8) is 0 Å². The van der Waals surface area contributed by atoms with Gasteiger partial charge in [0.1, 0.15) is 12.1 Å². The van der Waals surface area contributed by atoms with Gasteiger partial charge in [-0.25, -0.2) is 9.97 Å². The third-order valence-corrected chi connectivity index (χ3v) is 6.42. The Hall–Kier alpha value is -1.27. The number of anilines is 1. The summed E-state index contributed by atoms with van der Waals surface area (Å²) in [6, 6.07) is 0.488. The molecule has 1 fully saturated rings. The van der Waals surface area contributed by atoms with Gasteiger partial charge in [0.05, 0.1) is 5.69 Å². The Morgan fingerprint density at radius 3 is 2.96 bits per heavy atom. The van der Waals surface area contributed by atoms with Crippen molar-refractivity contribution < 1.29 is 9.32 Å². The third-order valence-electron chi connectivity index (χ3n) is 4.84. The Labute approximate surface area is 140 Å². The van der Waals surface area contributed by atoms with Crippen molar-refractivity contribution in [3.8, 4) is 0 Å². The molecule has 2 aliphatic rings. The van der Waals surface area contributed by atoms with Crippen molar-refractivity contribution in [2.45, 2.75) is 38.1 Å². The SMILES string of the molecule is CN(c1ncnc2c1C=CC2)C1CC(CS(=O)CCCCO)C1. The largest absolute Gasteiger partial charge is 0.396 e. The lowest BCUT2D eigenvalue weighted by Gasteiger charge is -2.42. The second-order valence-electron chi connectivity index (χ2n) is 6.51. The average molecular weight is 335 g/mol. The van der Waals surface area contributed by atoms with E-state index in [9.17, 15) is 4.21 Å². The maximum atomic E-state index is 12.0. The van der Waals surface area contributed by atoms with E-state index in [1.54, 1.807) is 6.33 Å². The number of nitrogens with zero attached hydrogens (tertiary/aromatic N) is 3. The van der Waals surface area contributed by atoms with Gasteiger partial charge in [0, 0.05) is 54.0 Å².